The zero-order valence-corrected chi connectivity index (χ0v) is 6.23. The van der Waals surface area contributed by atoms with Gasteiger partial charge in [0.05, 0.1) is 0 Å². The van der Waals surface area contributed by atoms with E-state index in [0.29, 0.717) is 0 Å². The molecular weight excluding hydrogens is 218 g/mol. The molecular formula is Cl3MoO. The average molecular weight is 218 g/mol. The van der Waals surface area contributed by atoms with Crippen LogP contribution < -0.4 is 0 Å². The van der Waals surface area contributed by atoms with Crippen LogP contribution in [0.15, 0.2) is 0 Å². The van der Waals surface area contributed by atoms with Crippen LogP contribution in [0, 0.1) is 0 Å². The van der Waals surface area contributed by atoms with E-state index in [-0.39, 0.29) is 0 Å². The van der Waals surface area contributed by atoms with Crippen LogP contribution in [0.25, 0.3) is 0 Å². The normalized spacial score (nSPS) is 11.8. The Hall–Kier alpha value is 1.36. The zero-order valence-electron chi connectivity index (χ0n) is 1.95. The molecule has 0 aromatic carbocycles. The van der Waals surface area contributed by atoms with E-state index in [4.69, 9.17) is 28.3 Å². The van der Waals surface area contributed by atoms with Crippen molar-refractivity contribution in [2.45, 2.75) is 0 Å². The molecule has 0 rings (SSSR count). The van der Waals surface area contributed by atoms with E-state index < -0.39 is 12.9 Å². The number of hydrogen-bond donors (Lipinski definition) is 0. The SMILES string of the molecule is [O]=[Mo]([Cl])([Cl])[Cl]. The third-order valence-electron chi connectivity index (χ3n) is 0. The molecule has 0 atom stereocenters. The number of rotatable bonds is 0. The Kier molecular flexibility index (Phi) is 2.39. The van der Waals surface area contributed by atoms with E-state index in [1.807, 2.05) is 0 Å². The predicted octanol–water partition coefficient (Wildman–Crippen LogP) is 1.95. The Morgan fingerprint density at radius 2 is 1.20 bits per heavy atom. The van der Waals surface area contributed by atoms with Crippen LogP contribution >= 0.6 is 28.3 Å². The van der Waals surface area contributed by atoms with Crippen molar-refractivity contribution in [1.29, 1.82) is 0 Å². The van der Waals surface area contributed by atoms with Gasteiger partial charge in [-0.2, -0.15) is 0 Å². The molecule has 0 unspecified atom stereocenters. The summed E-state index contributed by atoms with van der Waals surface area (Å²) in [7, 11) is 14.1. The van der Waals surface area contributed by atoms with Crippen LogP contribution in [0.1, 0.15) is 0 Å². The van der Waals surface area contributed by atoms with E-state index in [9.17, 15) is 3.40 Å². The molecule has 0 aromatic heterocycles. The van der Waals surface area contributed by atoms with Crippen LogP contribution in [0.4, 0.5) is 0 Å². The monoisotopic (exact) mass is 219 g/mol. The van der Waals surface area contributed by atoms with Gasteiger partial charge in [-0.05, 0) is 0 Å². The quantitative estimate of drug-likeness (QED) is 0.568. The van der Waals surface area contributed by atoms with Crippen molar-refractivity contribution in [2.75, 3.05) is 0 Å². The van der Waals surface area contributed by atoms with Crippen molar-refractivity contribution < 1.29 is 16.3 Å². The van der Waals surface area contributed by atoms with Gasteiger partial charge in [0.25, 0.3) is 0 Å². The van der Waals surface area contributed by atoms with Gasteiger partial charge >= 0.3 is 44.6 Å². The topological polar surface area (TPSA) is 17.1 Å². The molecule has 0 aliphatic carbocycles. The van der Waals surface area contributed by atoms with Crippen LogP contribution in [-0.4, -0.2) is 0 Å². The first-order chi connectivity index (χ1) is 2.00. The summed E-state index contributed by atoms with van der Waals surface area (Å²) >= 11 is -3.85. The first-order valence-electron chi connectivity index (χ1n) is 0.630. The summed E-state index contributed by atoms with van der Waals surface area (Å²) in [4.78, 5) is 0. The van der Waals surface area contributed by atoms with Gasteiger partial charge in [-0.25, -0.2) is 0 Å². The summed E-state index contributed by atoms with van der Waals surface area (Å²) in [6.45, 7) is 0. The molecule has 33 valence electrons. The van der Waals surface area contributed by atoms with Gasteiger partial charge in [0.2, 0.25) is 0 Å². The molecule has 0 N–H and O–H groups in total. The summed E-state index contributed by atoms with van der Waals surface area (Å²) in [5.41, 5.74) is 0. The molecule has 5 heavy (non-hydrogen) atoms. The van der Waals surface area contributed by atoms with E-state index in [1.165, 1.54) is 0 Å². The Morgan fingerprint density at radius 3 is 1.20 bits per heavy atom. The summed E-state index contributed by atoms with van der Waals surface area (Å²) in [5, 5.41) is 0. The molecule has 0 spiro atoms. The summed E-state index contributed by atoms with van der Waals surface area (Å²) in [6, 6.07) is 0. The minimum atomic E-state index is -3.85. The molecule has 0 aromatic rings. The van der Waals surface area contributed by atoms with Gasteiger partial charge < -0.3 is 0 Å². The molecule has 0 saturated heterocycles. The standard InChI is InChI=1S/3ClH.Mo.O/h3*1H;;/q;;;+3;/p-3. The Morgan fingerprint density at radius 1 is 1.20 bits per heavy atom. The third kappa shape index (κ3) is 32.8. The van der Waals surface area contributed by atoms with E-state index in [1.54, 1.807) is 0 Å². The van der Waals surface area contributed by atoms with Crippen LogP contribution in [0.5, 0.6) is 0 Å². The van der Waals surface area contributed by atoms with Crippen molar-refractivity contribution in [3.63, 3.8) is 0 Å². The second-order valence-corrected chi connectivity index (χ2v) is 12.7. The summed E-state index contributed by atoms with van der Waals surface area (Å²) < 4.78 is 9.59. The zero-order chi connectivity index (χ0) is 4.50. The molecule has 0 saturated carbocycles. The van der Waals surface area contributed by atoms with Gasteiger partial charge in [0, 0.05) is 0 Å². The fraction of sp³-hybridized carbons (Fsp3) is 0. The van der Waals surface area contributed by atoms with E-state index in [0.717, 1.165) is 0 Å². The minimum absolute atomic E-state index is 3.85. The van der Waals surface area contributed by atoms with Gasteiger partial charge in [0.1, 0.15) is 0 Å². The maximum atomic E-state index is 9.59. The summed E-state index contributed by atoms with van der Waals surface area (Å²) in [5.74, 6) is 0. The Labute approximate surface area is 44.5 Å². The van der Waals surface area contributed by atoms with E-state index >= 15 is 0 Å². The molecule has 0 amide bonds. The van der Waals surface area contributed by atoms with Gasteiger partial charge in [-0.1, -0.05) is 0 Å². The average Bonchev–Trinajstić information content (AvgIpc) is 0.722. The first kappa shape index (κ1) is 6.36. The van der Waals surface area contributed by atoms with Gasteiger partial charge in [0.15, 0.2) is 0 Å². The molecule has 0 fully saturated rings. The van der Waals surface area contributed by atoms with Crippen molar-refractivity contribution >= 4 is 28.3 Å². The van der Waals surface area contributed by atoms with Crippen molar-refractivity contribution in [1.82, 2.24) is 0 Å². The first-order valence-corrected chi connectivity index (χ1v) is 9.20. The van der Waals surface area contributed by atoms with Gasteiger partial charge in [-0.3, -0.25) is 0 Å². The molecule has 0 aliphatic rings. The second-order valence-electron chi connectivity index (χ2n) is 0.364. The van der Waals surface area contributed by atoms with Crippen molar-refractivity contribution in [3.05, 3.63) is 0 Å². The number of halogens is 3. The third-order valence-corrected chi connectivity index (χ3v) is 0. The molecule has 0 aliphatic heterocycles. The molecule has 0 radical (unpaired) electrons. The fourth-order valence-electron chi connectivity index (χ4n) is 0. The maximum absolute atomic E-state index is 9.59. The predicted molar refractivity (Wildman–Crippen MR) is 18.2 cm³/mol. The van der Waals surface area contributed by atoms with Crippen LogP contribution in [0.2, 0.25) is 0 Å². The van der Waals surface area contributed by atoms with Crippen LogP contribution in [-0.2, 0) is 16.3 Å². The van der Waals surface area contributed by atoms with E-state index in [2.05, 4.69) is 0 Å². The Balaban J connectivity index is 3.47. The molecule has 0 heterocycles. The van der Waals surface area contributed by atoms with Crippen molar-refractivity contribution in [2.24, 2.45) is 0 Å². The van der Waals surface area contributed by atoms with Crippen molar-refractivity contribution in [3.8, 4) is 0 Å². The Bertz CT molecular complexity index is 53.0. The fourth-order valence-corrected chi connectivity index (χ4v) is 0. The molecule has 5 heteroatoms. The second kappa shape index (κ2) is 1.88. The molecule has 1 nitrogen and oxygen atoms in total. The molecule has 0 bridgehead atoms. The number of hydrogen-bond acceptors (Lipinski definition) is 1. The van der Waals surface area contributed by atoms with Gasteiger partial charge in [-0.15, -0.1) is 0 Å². The van der Waals surface area contributed by atoms with Crippen LogP contribution in [0.3, 0.4) is 0 Å². The summed E-state index contributed by atoms with van der Waals surface area (Å²) in [6.07, 6.45) is 0.